The number of benzene rings is 1. The van der Waals surface area contributed by atoms with Crippen LogP contribution >= 0.6 is 0 Å². The van der Waals surface area contributed by atoms with Crippen LogP contribution in [-0.2, 0) is 29.2 Å². The van der Waals surface area contributed by atoms with Gasteiger partial charge in [0.1, 0.15) is 6.61 Å². The van der Waals surface area contributed by atoms with E-state index in [1.165, 1.54) is 0 Å². The van der Waals surface area contributed by atoms with Gasteiger partial charge in [0.2, 0.25) is 12.8 Å². The third-order valence-electron chi connectivity index (χ3n) is 6.98. The maximum atomic E-state index is 13.4. The van der Waals surface area contributed by atoms with Gasteiger partial charge in [-0.15, -0.1) is 4.91 Å². The zero-order valence-electron chi connectivity index (χ0n) is 19.5. The lowest BCUT2D eigenvalue weighted by Gasteiger charge is -2.22. The molecule has 37 heavy (non-hydrogen) atoms. The van der Waals surface area contributed by atoms with Gasteiger partial charge in [-0.1, -0.05) is 5.18 Å². The highest BCUT2D eigenvalue weighted by atomic mass is 16.7. The Bertz CT molecular complexity index is 1530. The van der Waals surface area contributed by atoms with Crippen molar-refractivity contribution in [3.05, 3.63) is 60.6 Å². The Morgan fingerprint density at radius 1 is 1.08 bits per heavy atom. The van der Waals surface area contributed by atoms with Crippen LogP contribution in [0.3, 0.4) is 0 Å². The molecule has 1 unspecified atom stereocenters. The number of hydrogen-bond acceptors (Lipinski definition) is 12. The molecule has 5 heterocycles. The lowest BCUT2D eigenvalue weighted by Crippen LogP contribution is -2.32. The minimum Gasteiger partial charge on any atom is -0.459 e. The second-order valence-corrected chi connectivity index (χ2v) is 8.96. The molecule has 6 rings (SSSR count). The van der Waals surface area contributed by atoms with Gasteiger partial charge >= 0.3 is 5.97 Å². The number of carbonyl (C=O) groups is 1. The van der Waals surface area contributed by atoms with E-state index in [9.17, 15) is 24.5 Å². The van der Waals surface area contributed by atoms with Crippen molar-refractivity contribution in [2.75, 3.05) is 33.0 Å². The molecule has 0 spiro atoms. The molecule has 3 aromatic rings. The van der Waals surface area contributed by atoms with Crippen LogP contribution in [0.5, 0.6) is 11.5 Å². The molecule has 0 amide bonds. The predicted octanol–water partition coefficient (Wildman–Crippen LogP) is 1.58. The van der Waals surface area contributed by atoms with E-state index in [1.54, 1.807) is 16.7 Å². The van der Waals surface area contributed by atoms with Crippen molar-refractivity contribution in [2.24, 2.45) is 10.4 Å². The molecule has 0 saturated carbocycles. The molecular formula is C24H21N5O8. The highest BCUT2D eigenvalue weighted by Gasteiger charge is 2.37. The van der Waals surface area contributed by atoms with Gasteiger partial charge < -0.3 is 23.9 Å². The van der Waals surface area contributed by atoms with Gasteiger partial charge in [-0.05, 0) is 22.9 Å². The zero-order valence-corrected chi connectivity index (χ0v) is 19.5. The van der Waals surface area contributed by atoms with Crippen molar-refractivity contribution >= 4 is 16.9 Å². The SMILES string of the molecule is O=NCCN(CCO)Cc1c2c(nc3cc4c(cc13)OCO4)-c1cc3c(c(=O)n1C2)COC(=O)C3N=O. The van der Waals surface area contributed by atoms with E-state index in [2.05, 4.69) is 10.4 Å². The Balaban J connectivity index is 1.57. The number of nitroso groups, excluding NO2 is 2. The number of aliphatic hydroxyl groups is 1. The maximum Gasteiger partial charge on any atom is 0.339 e. The summed E-state index contributed by atoms with van der Waals surface area (Å²) in [7, 11) is 0. The largest absolute Gasteiger partial charge is 0.459 e. The summed E-state index contributed by atoms with van der Waals surface area (Å²) < 4.78 is 17.7. The van der Waals surface area contributed by atoms with E-state index in [1.807, 2.05) is 11.0 Å². The summed E-state index contributed by atoms with van der Waals surface area (Å²) in [6.45, 7) is 0.988. The Morgan fingerprint density at radius 3 is 2.65 bits per heavy atom. The first-order valence-electron chi connectivity index (χ1n) is 11.7. The van der Waals surface area contributed by atoms with Crippen LogP contribution in [0, 0.1) is 9.81 Å². The Hall–Kier alpha value is -4.23. The molecule has 0 bridgehead atoms. The number of cyclic esters (lactones) is 1. The van der Waals surface area contributed by atoms with Crippen LogP contribution in [0.2, 0.25) is 0 Å². The summed E-state index contributed by atoms with van der Waals surface area (Å²) in [5.74, 6) is 0.308. The normalized spacial score (nSPS) is 16.9. The Kier molecular flexibility index (Phi) is 5.65. The summed E-state index contributed by atoms with van der Waals surface area (Å²) in [5.41, 5.74) is 3.27. The fourth-order valence-corrected chi connectivity index (χ4v) is 5.20. The molecule has 3 aliphatic rings. The monoisotopic (exact) mass is 507 g/mol. The van der Waals surface area contributed by atoms with Crippen molar-refractivity contribution < 1.29 is 24.1 Å². The molecule has 1 N–H and O–H groups in total. The first-order valence-corrected chi connectivity index (χ1v) is 11.7. The smallest absolute Gasteiger partial charge is 0.339 e. The third-order valence-corrected chi connectivity index (χ3v) is 6.98. The van der Waals surface area contributed by atoms with E-state index in [-0.39, 0.29) is 49.8 Å². The summed E-state index contributed by atoms with van der Waals surface area (Å²) >= 11 is 0. The lowest BCUT2D eigenvalue weighted by molar-refractivity contribution is -0.148. The van der Waals surface area contributed by atoms with Gasteiger partial charge in [0.05, 0.1) is 42.2 Å². The minimum absolute atomic E-state index is 0.0536. The van der Waals surface area contributed by atoms with Crippen LogP contribution in [0.4, 0.5) is 0 Å². The number of nitrogens with zero attached hydrogens (tertiary/aromatic N) is 5. The molecule has 0 radical (unpaired) electrons. The highest BCUT2D eigenvalue weighted by Crippen LogP contribution is 2.42. The fourth-order valence-electron chi connectivity index (χ4n) is 5.20. The van der Waals surface area contributed by atoms with E-state index in [4.69, 9.17) is 19.2 Å². The third kappa shape index (κ3) is 3.65. The van der Waals surface area contributed by atoms with Gasteiger partial charge in [0.25, 0.3) is 5.56 Å². The summed E-state index contributed by atoms with van der Waals surface area (Å²) in [6.07, 6.45) is 0. The average Bonchev–Trinajstić information content (AvgIpc) is 3.50. The first kappa shape index (κ1) is 23.2. The minimum atomic E-state index is -1.42. The van der Waals surface area contributed by atoms with Crippen LogP contribution in [-0.4, -0.2) is 58.6 Å². The predicted molar refractivity (Wildman–Crippen MR) is 128 cm³/mol. The number of hydrogen-bond donors (Lipinski definition) is 1. The number of aromatic nitrogens is 2. The maximum absolute atomic E-state index is 13.4. The number of rotatable bonds is 8. The summed E-state index contributed by atoms with van der Waals surface area (Å²) in [5, 5.41) is 16.2. The van der Waals surface area contributed by atoms with Crippen LogP contribution in [0.15, 0.2) is 33.3 Å². The molecule has 2 aromatic heterocycles. The molecule has 3 aliphatic heterocycles. The quantitative estimate of drug-likeness (QED) is 0.274. The van der Waals surface area contributed by atoms with Gasteiger partial charge in [0.15, 0.2) is 11.5 Å². The highest BCUT2D eigenvalue weighted by molar-refractivity contribution is 5.91. The van der Waals surface area contributed by atoms with Gasteiger partial charge in [-0.2, -0.15) is 4.91 Å². The second kappa shape index (κ2) is 9.01. The molecule has 0 fully saturated rings. The molecule has 13 nitrogen and oxygen atoms in total. The molecule has 13 heteroatoms. The van der Waals surface area contributed by atoms with Crippen molar-refractivity contribution in [2.45, 2.75) is 25.7 Å². The summed E-state index contributed by atoms with van der Waals surface area (Å²) in [6, 6.07) is 3.80. The number of pyridine rings is 2. The fraction of sp³-hybridized carbons (Fsp3) is 0.375. The van der Waals surface area contributed by atoms with E-state index in [0.717, 1.165) is 16.5 Å². The molecule has 1 aromatic carbocycles. The number of esters is 1. The van der Waals surface area contributed by atoms with Crippen molar-refractivity contribution in [3.63, 3.8) is 0 Å². The molecule has 0 aliphatic carbocycles. The van der Waals surface area contributed by atoms with Crippen LogP contribution in [0.25, 0.3) is 22.3 Å². The first-order chi connectivity index (χ1) is 18.0. The second-order valence-electron chi connectivity index (χ2n) is 8.96. The van der Waals surface area contributed by atoms with Crippen molar-refractivity contribution in [1.29, 1.82) is 0 Å². The van der Waals surface area contributed by atoms with Crippen molar-refractivity contribution in [3.8, 4) is 22.9 Å². The number of fused-ring (bicyclic) bond motifs is 6. The van der Waals surface area contributed by atoms with Crippen molar-refractivity contribution in [1.82, 2.24) is 14.5 Å². The number of aliphatic hydroxyl groups excluding tert-OH is 1. The van der Waals surface area contributed by atoms with Gasteiger partial charge in [0, 0.05) is 42.2 Å². The lowest BCUT2D eigenvalue weighted by atomic mass is 9.97. The Labute approximate surface area is 208 Å². The topological polar surface area (TPSA) is 162 Å². The van der Waals surface area contributed by atoms with E-state index < -0.39 is 12.0 Å². The summed E-state index contributed by atoms with van der Waals surface area (Å²) in [4.78, 5) is 54.6. The molecule has 190 valence electrons. The van der Waals surface area contributed by atoms with E-state index in [0.29, 0.717) is 48.0 Å². The van der Waals surface area contributed by atoms with Gasteiger partial charge in [-0.3, -0.25) is 9.69 Å². The molecule has 0 saturated heterocycles. The number of carbonyl (C=O) groups excluding carboxylic acids is 1. The molecular weight excluding hydrogens is 486 g/mol. The zero-order chi connectivity index (χ0) is 25.7. The average molecular weight is 507 g/mol. The van der Waals surface area contributed by atoms with Crippen LogP contribution < -0.4 is 15.0 Å². The standard InChI is InChI=1S/C24H21N5O8/c30-4-3-28(2-1-25-33)8-14-12-6-19-20(37-11-36-19)7-17(12)26-21-15(14)9-29-18(21)5-13-16(23(29)31)10-35-24(32)22(13)27-34/h5-7,22,30H,1-4,8-11H2. The number of ether oxygens (including phenoxy) is 3. The van der Waals surface area contributed by atoms with Crippen LogP contribution in [0.1, 0.15) is 28.3 Å². The van der Waals surface area contributed by atoms with E-state index >= 15 is 0 Å². The van der Waals surface area contributed by atoms with Gasteiger partial charge in [-0.25, -0.2) is 9.78 Å². The Morgan fingerprint density at radius 2 is 1.89 bits per heavy atom. The molecule has 1 atom stereocenters.